The Morgan fingerprint density at radius 2 is 1.53 bits per heavy atom. The quantitative estimate of drug-likeness (QED) is 0.736. The van der Waals surface area contributed by atoms with Gasteiger partial charge in [0.1, 0.15) is 0 Å². The summed E-state index contributed by atoms with van der Waals surface area (Å²) in [6.07, 6.45) is 3.47. The van der Waals surface area contributed by atoms with Crippen molar-refractivity contribution in [2.24, 2.45) is 5.92 Å². The Kier molecular flexibility index (Phi) is 5.44. The molecular weight excluding hydrogens is 295 g/mol. The molecule has 1 heteroatoms. The van der Waals surface area contributed by atoms with Gasteiger partial charge in [0.25, 0.3) is 0 Å². The monoisotopic (exact) mass is 316 g/mol. The molecule has 0 heterocycles. The van der Waals surface area contributed by atoms with Crippen molar-refractivity contribution in [3.05, 3.63) is 76.8 Å². The summed E-state index contributed by atoms with van der Waals surface area (Å²) in [5.41, 5.74) is 1.39. The SMILES string of the molecule is CC(C)/C(=C/Cc1ccccc1)[Se]c1ccccc1. The van der Waals surface area contributed by atoms with Gasteiger partial charge in [0.15, 0.2) is 0 Å². The summed E-state index contributed by atoms with van der Waals surface area (Å²) in [4.78, 5) is 0. The maximum absolute atomic E-state index is 2.42. The Morgan fingerprint density at radius 1 is 0.947 bits per heavy atom. The van der Waals surface area contributed by atoms with Crippen LogP contribution in [0.4, 0.5) is 0 Å². The van der Waals surface area contributed by atoms with Gasteiger partial charge in [0.05, 0.1) is 0 Å². The van der Waals surface area contributed by atoms with Crippen molar-refractivity contribution in [3.63, 3.8) is 0 Å². The van der Waals surface area contributed by atoms with Crippen molar-refractivity contribution >= 4 is 19.4 Å². The second-order valence-corrected chi connectivity index (χ2v) is 7.27. The predicted octanol–water partition coefficient (Wildman–Crippen LogP) is 3.80. The average Bonchev–Trinajstić information content (AvgIpc) is 2.45. The number of hydrogen-bond donors (Lipinski definition) is 0. The van der Waals surface area contributed by atoms with Crippen LogP contribution in [0.15, 0.2) is 71.2 Å². The van der Waals surface area contributed by atoms with E-state index in [2.05, 4.69) is 80.6 Å². The van der Waals surface area contributed by atoms with Crippen LogP contribution in [-0.4, -0.2) is 15.0 Å². The van der Waals surface area contributed by atoms with E-state index in [1.807, 2.05) is 0 Å². The number of benzene rings is 2. The van der Waals surface area contributed by atoms with Crippen LogP contribution in [0.3, 0.4) is 0 Å². The normalized spacial score (nSPS) is 11.8. The summed E-state index contributed by atoms with van der Waals surface area (Å²) in [7, 11) is 0. The summed E-state index contributed by atoms with van der Waals surface area (Å²) in [6, 6.07) is 21.5. The number of rotatable bonds is 5. The zero-order valence-corrected chi connectivity index (χ0v) is 13.3. The molecule has 0 aliphatic carbocycles. The fourth-order valence-electron chi connectivity index (χ4n) is 1.85. The van der Waals surface area contributed by atoms with E-state index in [0.29, 0.717) is 20.9 Å². The minimum atomic E-state index is 0.449. The predicted molar refractivity (Wildman–Crippen MR) is 84.9 cm³/mol. The molecule has 0 fully saturated rings. The molecule has 0 aliphatic heterocycles. The van der Waals surface area contributed by atoms with Gasteiger partial charge in [-0.3, -0.25) is 0 Å². The Labute approximate surface area is 122 Å². The van der Waals surface area contributed by atoms with Gasteiger partial charge in [-0.1, -0.05) is 0 Å². The summed E-state index contributed by atoms with van der Waals surface area (Å²) < 4.78 is 3.05. The summed E-state index contributed by atoms with van der Waals surface area (Å²) in [5.74, 6) is 0.629. The molecule has 2 aromatic carbocycles. The minimum absolute atomic E-state index is 0.449. The van der Waals surface area contributed by atoms with Crippen molar-refractivity contribution < 1.29 is 0 Å². The molecule has 0 saturated carbocycles. The number of hydrogen-bond acceptors (Lipinski definition) is 0. The topological polar surface area (TPSA) is 0 Å². The van der Waals surface area contributed by atoms with Gasteiger partial charge in [-0.25, -0.2) is 0 Å². The van der Waals surface area contributed by atoms with Gasteiger partial charge in [-0.2, -0.15) is 0 Å². The molecule has 0 N–H and O–H groups in total. The van der Waals surface area contributed by atoms with Crippen LogP contribution >= 0.6 is 0 Å². The molecule has 0 unspecified atom stereocenters. The van der Waals surface area contributed by atoms with Gasteiger partial charge >= 0.3 is 122 Å². The molecule has 98 valence electrons. The van der Waals surface area contributed by atoms with E-state index < -0.39 is 0 Å². The van der Waals surface area contributed by atoms with E-state index in [1.165, 1.54) is 10.0 Å². The van der Waals surface area contributed by atoms with E-state index in [9.17, 15) is 0 Å². The molecule has 0 saturated heterocycles. The first kappa shape index (κ1) is 14.1. The molecular formula is C18H20Se. The van der Waals surface area contributed by atoms with Crippen LogP contribution in [0.5, 0.6) is 0 Å². The molecule has 0 radical (unpaired) electrons. The van der Waals surface area contributed by atoms with Gasteiger partial charge in [0, 0.05) is 0 Å². The molecule has 0 nitrogen and oxygen atoms in total. The first-order valence-electron chi connectivity index (χ1n) is 6.72. The van der Waals surface area contributed by atoms with Gasteiger partial charge in [0.2, 0.25) is 0 Å². The van der Waals surface area contributed by atoms with Crippen molar-refractivity contribution in [1.82, 2.24) is 0 Å². The van der Waals surface area contributed by atoms with E-state index in [-0.39, 0.29) is 0 Å². The second kappa shape index (κ2) is 7.33. The summed E-state index contributed by atoms with van der Waals surface area (Å²) >= 11 is 0.449. The van der Waals surface area contributed by atoms with Crippen LogP contribution in [-0.2, 0) is 6.42 Å². The molecule has 0 bridgehead atoms. The third-order valence-electron chi connectivity index (χ3n) is 2.93. The molecule has 2 rings (SSSR count). The van der Waals surface area contributed by atoms with E-state index >= 15 is 0 Å². The van der Waals surface area contributed by atoms with Gasteiger partial charge < -0.3 is 0 Å². The molecule has 0 aromatic heterocycles. The molecule has 0 spiro atoms. The van der Waals surface area contributed by atoms with Crippen LogP contribution in [0, 0.1) is 5.92 Å². The third kappa shape index (κ3) is 4.70. The van der Waals surface area contributed by atoms with E-state index in [1.54, 1.807) is 4.47 Å². The van der Waals surface area contributed by atoms with Crippen molar-refractivity contribution in [2.45, 2.75) is 20.3 Å². The van der Waals surface area contributed by atoms with Gasteiger partial charge in [-0.05, 0) is 0 Å². The Bertz CT molecular complexity index is 512. The molecule has 0 amide bonds. The zero-order valence-electron chi connectivity index (χ0n) is 11.5. The van der Waals surface area contributed by atoms with Gasteiger partial charge in [-0.15, -0.1) is 0 Å². The third-order valence-corrected chi connectivity index (χ3v) is 5.83. The Hall–Kier alpha value is -1.30. The Morgan fingerprint density at radius 3 is 2.11 bits per heavy atom. The van der Waals surface area contributed by atoms with E-state index in [0.717, 1.165) is 6.42 Å². The van der Waals surface area contributed by atoms with Crippen LogP contribution in [0.2, 0.25) is 0 Å². The standard InChI is InChI=1S/C18H20Se/c1-15(2)18(19-17-11-7-4-8-12-17)14-13-16-9-5-3-6-10-16/h3-12,14-15H,13H2,1-2H3/b18-14-. The van der Waals surface area contributed by atoms with Crippen molar-refractivity contribution in [3.8, 4) is 0 Å². The van der Waals surface area contributed by atoms with Crippen molar-refractivity contribution in [2.75, 3.05) is 0 Å². The second-order valence-electron chi connectivity index (χ2n) is 4.87. The summed E-state index contributed by atoms with van der Waals surface area (Å²) in [5, 5.41) is 0. The zero-order chi connectivity index (χ0) is 13.5. The summed E-state index contributed by atoms with van der Waals surface area (Å²) in [6.45, 7) is 4.59. The molecule has 0 aliphatic rings. The molecule has 0 atom stereocenters. The molecule has 19 heavy (non-hydrogen) atoms. The Balaban J connectivity index is 2.08. The fraction of sp³-hybridized carbons (Fsp3) is 0.222. The van der Waals surface area contributed by atoms with Crippen LogP contribution in [0.1, 0.15) is 19.4 Å². The van der Waals surface area contributed by atoms with Crippen LogP contribution in [0.25, 0.3) is 0 Å². The molecule has 2 aromatic rings. The first-order chi connectivity index (χ1) is 9.25. The fourth-order valence-corrected chi connectivity index (χ4v) is 3.88. The van der Waals surface area contributed by atoms with Crippen molar-refractivity contribution in [1.29, 1.82) is 0 Å². The number of allylic oxidation sites excluding steroid dienone is 2. The van der Waals surface area contributed by atoms with Crippen LogP contribution < -0.4 is 4.46 Å². The maximum atomic E-state index is 2.42. The van der Waals surface area contributed by atoms with E-state index in [4.69, 9.17) is 0 Å². The first-order valence-corrected chi connectivity index (χ1v) is 8.44. The average molecular weight is 315 g/mol.